The van der Waals surface area contributed by atoms with E-state index in [-0.39, 0.29) is 5.56 Å². The molecule has 23 heavy (non-hydrogen) atoms. The second-order valence-corrected chi connectivity index (χ2v) is 5.71. The van der Waals surface area contributed by atoms with Gasteiger partial charge in [0.1, 0.15) is 5.56 Å². The number of rotatable bonds is 3. The summed E-state index contributed by atoms with van der Waals surface area (Å²) in [6.45, 7) is 0. The van der Waals surface area contributed by atoms with Crippen molar-refractivity contribution in [1.29, 1.82) is 0 Å². The first kappa shape index (κ1) is 15.3. The number of amides is 1. The number of hydrogen-bond donors (Lipinski definition) is 1. The summed E-state index contributed by atoms with van der Waals surface area (Å²) in [5.74, 6) is -0.0832. The number of nitrogens with one attached hydrogen (secondary N) is 1. The third-order valence-corrected chi connectivity index (χ3v) is 3.76. The number of para-hydroxylation sites is 1. The van der Waals surface area contributed by atoms with E-state index in [1.165, 1.54) is 13.2 Å². The Morgan fingerprint density at radius 1 is 1.17 bits per heavy atom. The zero-order chi connectivity index (χ0) is 16.4. The van der Waals surface area contributed by atoms with E-state index in [0.717, 1.165) is 4.47 Å². The first-order chi connectivity index (χ1) is 11.1. The second kappa shape index (κ2) is 6.26. The molecule has 3 rings (SSSR count). The standard InChI is InChI=1S/C17H12BrNO4/c1-22-14-7-2-4-10-8-13(17(21)23-15(10)14)16(20)19-12-6-3-5-11(18)9-12/h2-9H,1H3,(H,19,20). The Hall–Kier alpha value is -2.60. The number of carbonyl (C=O) groups excluding carboxylic acids is 1. The van der Waals surface area contributed by atoms with Crippen molar-refractivity contribution in [2.45, 2.75) is 0 Å². The molecule has 0 unspecified atom stereocenters. The maximum Gasteiger partial charge on any atom is 0.349 e. The van der Waals surface area contributed by atoms with Gasteiger partial charge in [-0.2, -0.15) is 0 Å². The highest BCUT2D eigenvalue weighted by Gasteiger charge is 2.15. The molecule has 0 saturated carbocycles. The van der Waals surface area contributed by atoms with E-state index in [1.807, 2.05) is 6.07 Å². The van der Waals surface area contributed by atoms with Gasteiger partial charge in [-0.15, -0.1) is 0 Å². The van der Waals surface area contributed by atoms with Crippen LogP contribution >= 0.6 is 15.9 Å². The quantitative estimate of drug-likeness (QED) is 0.708. The van der Waals surface area contributed by atoms with Crippen LogP contribution in [0, 0.1) is 0 Å². The van der Waals surface area contributed by atoms with Crippen LogP contribution in [0.3, 0.4) is 0 Å². The van der Waals surface area contributed by atoms with Crippen LogP contribution in [-0.4, -0.2) is 13.0 Å². The van der Waals surface area contributed by atoms with E-state index >= 15 is 0 Å². The molecule has 1 N–H and O–H groups in total. The zero-order valence-corrected chi connectivity index (χ0v) is 13.7. The molecular weight excluding hydrogens is 362 g/mol. The van der Waals surface area contributed by atoms with E-state index in [0.29, 0.717) is 22.4 Å². The molecule has 0 radical (unpaired) electrons. The van der Waals surface area contributed by atoms with Crippen LogP contribution in [0.1, 0.15) is 10.4 Å². The minimum absolute atomic E-state index is 0.0641. The van der Waals surface area contributed by atoms with Gasteiger partial charge in [-0.1, -0.05) is 34.1 Å². The number of halogens is 1. The van der Waals surface area contributed by atoms with E-state index in [1.54, 1.807) is 36.4 Å². The number of anilines is 1. The molecule has 6 heteroatoms. The van der Waals surface area contributed by atoms with Gasteiger partial charge in [0.05, 0.1) is 7.11 Å². The highest BCUT2D eigenvalue weighted by molar-refractivity contribution is 9.10. The van der Waals surface area contributed by atoms with Crippen LogP contribution in [0.15, 0.2) is 62.2 Å². The average molecular weight is 374 g/mol. The molecule has 0 spiro atoms. The van der Waals surface area contributed by atoms with Gasteiger partial charge in [-0.3, -0.25) is 4.79 Å². The van der Waals surface area contributed by atoms with E-state index in [2.05, 4.69) is 21.2 Å². The lowest BCUT2D eigenvalue weighted by molar-refractivity contribution is 0.102. The molecule has 1 aromatic heterocycles. The van der Waals surface area contributed by atoms with E-state index in [9.17, 15) is 9.59 Å². The van der Waals surface area contributed by atoms with E-state index in [4.69, 9.17) is 9.15 Å². The third kappa shape index (κ3) is 3.12. The monoisotopic (exact) mass is 373 g/mol. The number of methoxy groups -OCH3 is 1. The van der Waals surface area contributed by atoms with Gasteiger partial charge in [-0.05, 0) is 30.3 Å². The molecule has 1 heterocycles. The minimum Gasteiger partial charge on any atom is -0.493 e. The third-order valence-electron chi connectivity index (χ3n) is 3.27. The summed E-state index contributed by atoms with van der Waals surface area (Å²) in [5, 5.41) is 3.29. The van der Waals surface area contributed by atoms with Crippen LogP contribution in [0.4, 0.5) is 5.69 Å². The molecule has 0 bridgehead atoms. The van der Waals surface area contributed by atoms with Crippen LogP contribution in [0.25, 0.3) is 11.0 Å². The zero-order valence-electron chi connectivity index (χ0n) is 12.1. The highest BCUT2D eigenvalue weighted by atomic mass is 79.9. The molecule has 2 aromatic carbocycles. The number of hydrogen-bond acceptors (Lipinski definition) is 4. The Morgan fingerprint density at radius 2 is 1.96 bits per heavy atom. The van der Waals surface area contributed by atoms with Gasteiger partial charge < -0.3 is 14.5 Å². The fraction of sp³-hybridized carbons (Fsp3) is 0.0588. The number of fused-ring (bicyclic) bond motifs is 1. The SMILES string of the molecule is COc1cccc2cc(C(=O)Nc3cccc(Br)c3)c(=O)oc12. The van der Waals surface area contributed by atoms with Gasteiger partial charge >= 0.3 is 5.63 Å². The summed E-state index contributed by atoms with van der Waals surface area (Å²) in [4.78, 5) is 24.4. The molecule has 0 aliphatic heterocycles. The van der Waals surface area contributed by atoms with Crippen LogP contribution < -0.4 is 15.7 Å². The summed E-state index contributed by atoms with van der Waals surface area (Å²) >= 11 is 3.33. The lowest BCUT2D eigenvalue weighted by Gasteiger charge is -2.07. The second-order valence-electron chi connectivity index (χ2n) is 4.79. The van der Waals surface area contributed by atoms with Crippen LogP contribution in [0.2, 0.25) is 0 Å². The van der Waals surface area contributed by atoms with Crippen LogP contribution in [0.5, 0.6) is 5.75 Å². The van der Waals surface area contributed by atoms with Gasteiger partial charge in [0.2, 0.25) is 0 Å². The Bertz CT molecular complexity index is 949. The molecule has 116 valence electrons. The smallest absolute Gasteiger partial charge is 0.349 e. The predicted octanol–water partition coefficient (Wildman–Crippen LogP) is 3.82. The molecule has 0 aliphatic carbocycles. The maximum atomic E-state index is 12.3. The van der Waals surface area contributed by atoms with Crippen molar-refractivity contribution in [3.8, 4) is 5.75 Å². The highest BCUT2D eigenvalue weighted by Crippen LogP contribution is 2.24. The fourth-order valence-corrected chi connectivity index (χ4v) is 2.60. The van der Waals surface area contributed by atoms with Gasteiger partial charge in [0, 0.05) is 15.5 Å². The minimum atomic E-state index is -0.713. The van der Waals surface area contributed by atoms with Gasteiger partial charge in [0.25, 0.3) is 5.91 Å². The van der Waals surface area contributed by atoms with Crippen LogP contribution in [-0.2, 0) is 0 Å². The molecule has 0 aliphatic rings. The molecule has 0 saturated heterocycles. The molecule has 5 nitrogen and oxygen atoms in total. The predicted molar refractivity (Wildman–Crippen MR) is 91.1 cm³/mol. The number of ether oxygens (including phenoxy) is 1. The number of carbonyl (C=O) groups is 1. The molecule has 0 atom stereocenters. The van der Waals surface area contributed by atoms with Gasteiger partial charge in [0.15, 0.2) is 11.3 Å². The fourth-order valence-electron chi connectivity index (χ4n) is 2.20. The van der Waals surface area contributed by atoms with Crippen molar-refractivity contribution in [3.63, 3.8) is 0 Å². The molecular formula is C17H12BrNO4. The lowest BCUT2D eigenvalue weighted by Crippen LogP contribution is -2.20. The van der Waals surface area contributed by atoms with Gasteiger partial charge in [-0.25, -0.2) is 4.79 Å². The summed E-state index contributed by atoms with van der Waals surface area (Å²) < 4.78 is 11.2. The maximum absolute atomic E-state index is 12.3. The first-order valence-electron chi connectivity index (χ1n) is 6.76. The van der Waals surface area contributed by atoms with Crippen molar-refractivity contribution in [3.05, 3.63) is 69.0 Å². The first-order valence-corrected chi connectivity index (χ1v) is 7.55. The van der Waals surface area contributed by atoms with Crippen molar-refractivity contribution in [2.24, 2.45) is 0 Å². The summed E-state index contributed by atoms with van der Waals surface area (Å²) in [7, 11) is 1.49. The summed E-state index contributed by atoms with van der Waals surface area (Å²) in [6, 6.07) is 13.8. The summed E-state index contributed by atoms with van der Waals surface area (Å²) in [5.41, 5.74) is 0.119. The molecule has 0 fully saturated rings. The lowest BCUT2D eigenvalue weighted by atomic mass is 10.1. The largest absolute Gasteiger partial charge is 0.493 e. The van der Waals surface area contributed by atoms with Crippen molar-refractivity contribution in [2.75, 3.05) is 12.4 Å². The van der Waals surface area contributed by atoms with Crippen molar-refractivity contribution >= 4 is 38.5 Å². The Morgan fingerprint density at radius 3 is 2.70 bits per heavy atom. The topological polar surface area (TPSA) is 68.5 Å². The normalized spacial score (nSPS) is 10.5. The number of benzene rings is 2. The average Bonchev–Trinajstić information content (AvgIpc) is 2.53. The molecule has 1 amide bonds. The molecule has 3 aromatic rings. The Kier molecular flexibility index (Phi) is 4.16. The Balaban J connectivity index is 2.01. The summed E-state index contributed by atoms with van der Waals surface area (Å²) in [6.07, 6.45) is 0. The van der Waals surface area contributed by atoms with E-state index < -0.39 is 11.5 Å². The Labute approximate surface area is 140 Å². The van der Waals surface area contributed by atoms with Crippen molar-refractivity contribution < 1.29 is 13.9 Å². The van der Waals surface area contributed by atoms with Crippen molar-refractivity contribution in [1.82, 2.24) is 0 Å².